The summed E-state index contributed by atoms with van der Waals surface area (Å²) in [6.45, 7) is 1.92. The molecule has 3 N–H and O–H groups in total. The number of rotatable bonds is 10. The highest BCUT2D eigenvalue weighted by atomic mass is 32.2. The van der Waals surface area contributed by atoms with E-state index in [0.717, 1.165) is 40.4 Å². The van der Waals surface area contributed by atoms with Crippen molar-refractivity contribution in [1.29, 1.82) is 0 Å². The first-order valence-electron chi connectivity index (χ1n) is 13.1. The van der Waals surface area contributed by atoms with Crippen molar-refractivity contribution in [3.05, 3.63) is 64.7 Å². The van der Waals surface area contributed by atoms with E-state index >= 15 is 0 Å². The van der Waals surface area contributed by atoms with Crippen LogP contribution in [0.2, 0.25) is 0 Å². The quantitative estimate of drug-likeness (QED) is 0.324. The van der Waals surface area contributed by atoms with Gasteiger partial charge in [0, 0.05) is 23.0 Å². The van der Waals surface area contributed by atoms with E-state index < -0.39 is 4.99 Å². The molecule has 1 aliphatic carbocycles. The van der Waals surface area contributed by atoms with E-state index in [9.17, 15) is 9.59 Å². The Bertz CT molecular complexity index is 1410. The zero-order chi connectivity index (χ0) is 28.1. The molecule has 12 heteroatoms. The van der Waals surface area contributed by atoms with Crippen molar-refractivity contribution in [2.75, 3.05) is 19.5 Å². The second-order valence-electron chi connectivity index (χ2n) is 9.92. The predicted octanol–water partition coefficient (Wildman–Crippen LogP) is 4.30. The lowest BCUT2D eigenvalue weighted by molar-refractivity contribution is -0.121. The number of benzene rings is 2. The third-order valence-electron chi connectivity index (χ3n) is 6.97. The number of nitrogens with zero attached hydrogens (tertiary/aromatic N) is 3. The van der Waals surface area contributed by atoms with E-state index in [1.165, 1.54) is 11.3 Å². The second kappa shape index (κ2) is 12.3. The van der Waals surface area contributed by atoms with Crippen LogP contribution < -0.4 is 25.5 Å². The smallest absolute Gasteiger partial charge is 0.230 e. The minimum Gasteiger partial charge on any atom is -0.496 e. The van der Waals surface area contributed by atoms with Gasteiger partial charge in [0.1, 0.15) is 21.6 Å². The number of hydrogen-bond donors (Lipinski definition) is 3. The van der Waals surface area contributed by atoms with Crippen molar-refractivity contribution in [3.8, 4) is 11.5 Å². The average molecular weight is 581 g/mol. The number of aromatic nitrogens is 2. The summed E-state index contributed by atoms with van der Waals surface area (Å²) in [5.74, 6) is 1.62. The van der Waals surface area contributed by atoms with Crippen LogP contribution in [-0.4, -0.2) is 46.3 Å². The number of thioether (sulfide) groups is 1. The first-order valence-corrected chi connectivity index (χ1v) is 14.7. The van der Waals surface area contributed by atoms with Gasteiger partial charge in [-0.05, 0) is 38.3 Å². The lowest BCUT2D eigenvalue weighted by Gasteiger charge is -2.25. The molecule has 1 aromatic heterocycles. The van der Waals surface area contributed by atoms with E-state index in [4.69, 9.17) is 9.47 Å². The van der Waals surface area contributed by atoms with Gasteiger partial charge < -0.3 is 20.1 Å². The molecule has 2 aliphatic rings. The third kappa shape index (κ3) is 6.56. The summed E-state index contributed by atoms with van der Waals surface area (Å²) >= 11 is 2.97. The molecule has 2 amide bonds. The molecule has 1 unspecified atom stereocenters. The molecule has 2 aromatic carbocycles. The van der Waals surface area contributed by atoms with Gasteiger partial charge in [0.15, 0.2) is 4.99 Å². The topological polar surface area (TPSA) is 127 Å². The van der Waals surface area contributed by atoms with Gasteiger partial charge in [0.25, 0.3) is 0 Å². The maximum absolute atomic E-state index is 12.8. The highest BCUT2D eigenvalue weighted by molar-refractivity contribution is 8.15. The van der Waals surface area contributed by atoms with E-state index in [0.29, 0.717) is 16.6 Å². The minimum atomic E-state index is -0.714. The Labute approximate surface area is 241 Å². The molecule has 210 valence electrons. The Kier molecular flexibility index (Phi) is 8.55. The molecule has 2 heterocycles. The molecule has 40 heavy (non-hydrogen) atoms. The van der Waals surface area contributed by atoms with Crippen LogP contribution in [0.25, 0.3) is 0 Å². The second-order valence-corrected chi connectivity index (χ2v) is 12.4. The largest absolute Gasteiger partial charge is 0.496 e. The van der Waals surface area contributed by atoms with Gasteiger partial charge in [-0.2, -0.15) is 5.10 Å². The Morgan fingerprint density at radius 3 is 2.25 bits per heavy atom. The lowest BCUT2D eigenvalue weighted by Crippen LogP contribution is -2.50. The van der Waals surface area contributed by atoms with Gasteiger partial charge >= 0.3 is 0 Å². The first kappa shape index (κ1) is 27.9. The van der Waals surface area contributed by atoms with Crippen LogP contribution in [0.4, 0.5) is 5.13 Å². The fraction of sp³-hybridized carbons (Fsp3) is 0.393. The number of nitrogens with one attached hydrogen (secondary N) is 3. The van der Waals surface area contributed by atoms with Crippen molar-refractivity contribution in [3.63, 3.8) is 0 Å². The van der Waals surface area contributed by atoms with Crippen molar-refractivity contribution in [1.82, 2.24) is 20.9 Å². The Hall–Kier alpha value is -3.64. The molecular formula is C28H32N6O4S2. The Morgan fingerprint density at radius 2 is 1.57 bits per heavy atom. The van der Waals surface area contributed by atoms with Crippen molar-refractivity contribution in [2.24, 2.45) is 11.0 Å². The van der Waals surface area contributed by atoms with E-state index in [2.05, 4.69) is 31.4 Å². The summed E-state index contributed by atoms with van der Waals surface area (Å²) in [5, 5.41) is 21.5. The van der Waals surface area contributed by atoms with Crippen LogP contribution in [-0.2, 0) is 22.4 Å². The van der Waals surface area contributed by atoms with E-state index in [-0.39, 0.29) is 36.5 Å². The molecule has 0 spiro atoms. The molecule has 0 saturated heterocycles. The highest BCUT2D eigenvalue weighted by Crippen LogP contribution is 2.44. The van der Waals surface area contributed by atoms with Gasteiger partial charge in [0.2, 0.25) is 16.9 Å². The fourth-order valence-corrected chi connectivity index (χ4v) is 7.10. The maximum atomic E-state index is 12.8. The molecule has 1 fully saturated rings. The number of para-hydroxylation sites is 2. The van der Waals surface area contributed by atoms with Crippen LogP contribution in [0, 0.1) is 5.92 Å². The summed E-state index contributed by atoms with van der Waals surface area (Å²) in [6.07, 6.45) is 3.24. The van der Waals surface area contributed by atoms with Crippen LogP contribution >= 0.6 is 23.1 Å². The molecular weight excluding hydrogens is 548 g/mol. The molecule has 10 nitrogen and oxygen atoms in total. The molecule has 3 atom stereocenters. The van der Waals surface area contributed by atoms with E-state index in [1.54, 1.807) is 26.0 Å². The molecule has 0 bridgehead atoms. The zero-order valence-electron chi connectivity index (χ0n) is 22.6. The van der Waals surface area contributed by atoms with Crippen LogP contribution in [0.1, 0.15) is 48.2 Å². The molecule has 1 saturated carbocycles. The molecule has 1 aliphatic heterocycles. The van der Waals surface area contributed by atoms with Gasteiger partial charge in [0.05, 0.1) is 27.1 Å². The van der Waals surface area contributed by atoms with Gasteiger partial charge in [-0.3, -0.25) is 15.0 Å². The van der Waals surface area contributed by atoms with Crippen molar-refractivity contribution < 1.29 is 19.1 Å². The van der Waals surface area contributed by atoms with Crippen molar-refractivity contribution in [2.45, 2.75) is 49.9 Å². The Balaban J connectivity index is 1.12. The van der Waals surface area contributed by atoms with Gasteiger partial charge in [-0.25, -0.2) is 0 Å². The fourth-order valence-electron chi connectivity index (χ4n) is 5.04. The SMILES string of the molecule is COc1ccccc1CC(=O)Nc1nnc([C@@H]2CC[C@@H](C3=NNC(C)(NC(=O)Cc4ccccc4OC)S3)C2)s1. The number of hydrogen-bond acceptors (Lipinski definition) is 10. The monoisotopic (exact) mass is 580 g/mol. The maximum Gasteiger partial charge on any atom is 0.230 e. The highest BCUT2D eigenvalue weighted by Gasteiger charge is 2.40. The summed E-state index contributed by atoms with van der Waals surface area (Å²) in [4.78, 5) is 24.7. The summed E-state index contributed by atoms with van der Waals surface area (Å²) in [5.41, 5.74) is 4.77. The number of amides is 2. The first-order chi connectivity index (χ1) is 19.4. The van der Waals surface area contributed by atoms with Crippen LogP contribution in [0.5, 0.6) is 11.5 Å². The number of carbonyl (C=O) groups is 2. The van der Waals surface area contributed by atoms with Crippen molar-refractivity contribution >= 4 is 45.1 Å². The standard InChI is InChI=1S/C28H32N6O4S2/c1-28(30-24(36)16-18-9-5-7-11-22(18)38-3)34-32-26(40-28)20-13-12-19(14-20)25-31-33-27(39-25)29-23(35)15-17-8-4-6-10-21(17)37-2/h4-11,19-20,34H,12-16H2,1-3H3,(H,30,36)(H,29,33,35)/t19-,20-,28?/m1/s1. The number of anilines is 1. The predicted molar refractivity (Wildman–Crippen MR) is 157 cm³/mol. The number of carbonyl (C=O) groups excluding carboxylic acids is 2. The number of ether oxygens (including phenoxy) is 2. The van der Waals surface area contributed by atoms with Crippen LogP contribution in [0.15, 0.2) is 53.6 Å². The summed E-state index contributed by atoms with van der Waals surface area (Å²) in [6, 6.07) is 15.0. The van der Waals surface area contributed by atoms with E-state index in [1.807, 2.05) is 55.5 Å². The van der Waals surface area contributed by atoms with Crippen LogP contribution in [0.3, 0.4) is 0 Å². The number of hydrazone groups is 1. The zero-order valence-corrected chi connectivity index (χ0v) is 24.2. The molecule has 5 rings (SSSR count). The minimum absolute atomic E-state index is 0.109. The lowest BCUT2D eigenvalue weighted by atomic mass is 10.1. The summed E-state index contributed by atoms with van der Waals surface area (Å²) in [7, 11) is 3.19. The summed E-state index contributed by atoms with van der Waals surface area (Å²) < 4.78 is 10.7. The molecule has 0 radical (unpaired) electrons. The molecule has 3 aromatic rings. The Morgan fingerprint density at radius 1 is 0.950 bits per heavy atom. The average Bonchev–Trinajstić information content (AvgIpc) is 3.69. The van der Waals surface area contributed by atoms with Gasteiger partial charge in [-0.1, -0.05) is 59.5 Å². The normalized spacial score (nSPS) is 21.8. The number of methoxy groups -OCH3 is 2. The van der Waals surface area contributed by atoms with Gasteiger partial charge in [-0.15, -0.1) is 10.2 Å². The third-order valence-corrected chi connectivity index (χ3v) is 9.21.